The average Bonchev–Trinajstić information content (AvgIpc) is 2.89. The molecule has 0 aliphatic heterocycles. The molecule has 0 saturated heterocycles. The molecule has 0 fully saturated rings. The van der Waals surface area contributed by atoms with Gasteiger partial charge >= 0.3 is 4.87 Å². The van der Waals surface area contributed by atoms with E-state index in [1.165, 1.54) is 23.6 Å². The maximum atomic E-state index is 14.4. The highest BCUT2D eigenvalue weighted by Gasteiger charge is 2.22. The van der Waals surface area contributed by atoms with Gasteiger partial charge in [0.1, 0.15) is 22.3 Å². The van der Waals surface area contributed by atoms with E-state index in [1.54, 1.807) is 0 Å². The van der Waals surface area contributed by atoms with Crippen molar-refractivity contribution in [2.45, 2.75) is 4.90 Å². The Morgan fingerprint density at radius 3 is 2.40 bits per heavy atom. The molecule has 10 heteroatoms. The Morgan fingerprint density at radius 2 is 1.76 bits per heavy atom. The molecule has 2 N–H and O–H groups in total. The normalized spacial score (nSPS) is 11.7. The first-order valence-corrected chi connectivity index (χ1v) is 9.10. The maximum Gasteiger partial charge on any atom is 0.312 e. The second-order valence-corrected chi connectivity index (χ2v) is 7.36. The van der Waals surface area contributed by atoms with Crippen LogP contribution in [-0.2, 0) is 10.0 Å². The van der Waals surface area contributed by atoms with Crippen LogP contribution in [0.1, 0.15) is 0 Å². The summed E-state index contributed by atoms with van der Waals surface area (Å²) in [5, 5.41) is 6.09. The van der Waals surface area contributed by atoms with Crippen LogP contribution < -0.4 is 10.0 Å². The molecule has 3 rings (SSSR count). The van der Waals surface area contributed by atoms with E-state index in [0.29, 0.717) is 23.5 Å². The van der Waals surface area contributed by atoms with Crippen molar-refractivity contribution in [3.63, 3.8) is 0 Å². The molecule has 0 bridgehead atoms. The summed E-state index contributed by atoms with van der Waals surface area (Å²) < 4.78 is 65.4. The minimum absolute atomic E-state index is 0.0435. The van der Waals surface area contributed by atoms with Crippen LogP contribution in [0.15, 0.2) is 51.5 Å². The van der Waals surface area contributed by atoms with Crippen LogP contribution in [0.4, 0.5) is 13.2 Å². The van der Waals surface area contributed by atoms with E-state index in [4.69, 9.17) is 5.14 Å². The van der Waals surface area contributed by atoms with Crippen LogP contribution in [-0.4, -0.2) is 13.0 Å². The molecule has 130 valence electrons. The smallest absolute Gasteiger partial charge is 0.267 e. The van der Waals surface area contributed by atoms with Crippen molar-refractivity contribution in [2.24, 2.45) is 5.14 Å². The zero-order valence-electron chi connectivity index (χ0n) is 12.2. The molecule has 0 atom stereocenters. The molecular formula is C15H9F3N2O3S2. The number of thiazole rings is 1. The predicted molar refractivity (Wildman–Crippen MR) is 86.6 cm³/mol. The second-order valence-electron chi connectivity index (χ2n) is 5.01. The van der Waals surface area contributed by atoms with Gasteiger partial charge in [-0.05, 0) is 30.3 Å². The third-order valence-corrected chi connectivity index (χ3v) is 5.02. The zero-order chi connectivity index (χ0) is 18.4. The number of benzene rings is 2. The molecule has 0 spiro atoms. The Kier molecular flexibility index (Phi) is 4.27. The molecule has 0 aliphatic rings. The lowest BCUT2D eigenvalue weighted by Gasteiger charge is -2.10. The van der Waals surface area contributed by atoms with E-state index < -0.39 is 37.2 Å². The summed E-state index contributed by atoms with van der Waals surface area (Å²) in [6.07, 6.45) is 0. The highest BCUT2D eigenvalue weighted by atomic mass is 32.2. The summed E-state index contributed by atoms with van der Waals surface area (Å²) in [6, 6.07) is 6.09. The van der Waals surface area contributed by atoms with E-state index in [2.05, 4.69) is 0 Å². The van der Waals surface area contributed by atoms with E-state index >= 15 is 0 Å². The SMILES string of the molecule is NS(=O)(=O)c1cc(F)c(-c2csc(=O)n2-c2cccc(F)c2)cc1F. The van der Waals surface area contributed by atoms with Crippen molar-refractivity contribution in [3.05, 3.63) is 68.9 Å². The first-order chi connectivity index (χ1) is 11.7. The van der Waals surface area contributed by atoms with Gasteiger partial charge in [0.25, 0.3) is 0 Å². The number of nitrogens with zero attached hydrogens (tertiary/aromatic N) is 1. The van der Waals surface area contributed by atoms with Gasteiger partial charge in [-0.25, -0.2) is 26.7 Å². The van der Waals surface area contributed by atoms with Crippen molar-refractivity contribution in [1.82, 2.24) is 4.57 Å². The fraction of sp³-hybridized carbons (Fsp3) is 0. The number of nitrogens with two attached hydrogens (primary N) is 1. The number of sulfonamides is 1. The van der Waals surface area contributed by atoms with Crippen LogP contribution in [0.25, 0.3) is 16.9 Å². The van der Waals surface area contributed by atoms with Gasteiger partial charge in [-0.1, -0.05) is 17.4 Å². The maximum absolute atomic E-state index is 14.4. The van der Waals surface area contributed by atoms with Gasteiger partial charge in [-0.15, -0.1) is 0 Å². The Balaban J connectivity index is 2.26. The lowest BCUT2D eigenvalue weighted by molar-refractivity contribution is 0.555. The van der Waals surface area contributed by atoms with Crippen LogP contribution in [0.3, 0.4) is 0 Å². The molecular weight excluding hydrogens is 377 g/mol. The van der Waals surface area contributed by atoms with E-state index in [0.717, 1.165) is 10.6 Å². The Hall–Kier alpha value is -2.43. The summed E-state index contributed by atoms with van der Waals surface area (Å²) in [6.45, 7) is 0. The van der Waals surface area contributed by atoms with Gasteiger partial charge in [0.2, 0.25) is 10.0 Å². The van der Waals surface area contributed by atoms with Crippen LogP contribution in [0, 0.1) is 17.5 Å². The summed E-state index contributed by atoms with van der Waals surface area (Å²) in [4.78, 5) is 10.5. The van der Waals surface area contributed by atoms with Crippen LogP contribution in [0.5, 0.6) is 0 Å². The minimum Gasteiger partial charge on any atom is -0.267 e. The van der Waals surface area contributed by atoms with Crippen LogP contribution >= 0.6 is 11.3 Å². The van der Waals surface area contributed by atoms with Gasteiger partial charge in [0.15, 0.2) is 0 Å². The quantitative estimate of drug-likeness (QED) is 0.751. The topological polar surface area (TPSA) is 82.2 Å². The molecule has 0 radical (unpaired) electrons. The fourth-order valence-corrected chi connectivity index (χ4v) is 3.65. The summed E-state index contributed by atoms with van der Waals surface area (Å²) in [5.74, 6) is -2.96. The molecule has 0 aliphatic carbocycles. The average molecular weight is 386 g/mol. The molecule has 1 aromatic heterocycles. The van der Waals surface area contributed by atoms with Gasteiger partial charge in [0, 0.05) is 10.9 Å². The molecule has 0 unspecified atom stereocenters. The standard InChI is InChI=1S/C15H9F3N2O3S2/c16-8-2-1-3-9(4-8)20-13(7-24-15(20)21)10-5-12(18)14(6-11(10)17)25(19,22)23/h1-7H,(H2,19,22,23). The van der Waals surface area contributed by atoms with E-state index in [9.17, 15) is 26.4 Å². The van der Waals surface area contributed by atoms with Gasteiger partial charge < -0.3 is 0 Å². The van der Waals surface area contributed by atoms with E-state index in [1.807, 2.05) is 0 Å². The van der Waals surface area contributed by atoms with Crippen molar-refractivity contribution in [2.75, 3.05) is 0 Å². The summed E-state index contributed by atoms with van der Waals surface area (Å²) in [5.41, 5.74) is -0.276. The Bertz CT molecular complexity index is 1140. The van der Waals surface area contributed by atoms with Gasteiger partial charge in [-0.2, -0.15) is 0 Å². The summed E-state index contributed by atoms with van der Waals surface area (Å²) >= 11 is 0.704. The lowest BCUT2D eigenvalue weighted by Crippen LogP contribution is -2.15. The number of hydrogen-bond acceptors (Lipinski definition) is 4. The number of halogens is 3. The van der Waals surface area contributed by atoms with Gasteiger partial charge in [0.05, 0.1) is 11.4 Å². The Morgan fingerprint density at radius 1 is 1.04 bits per heavy atom. The second kappa shape index (κ2) is 6.14. The first-order valence-electron chi connectivity index (χ1n) is 6.67. The number of primary sulfonamides is 1. The Labute approximate surface area is 143 Å². The van der Waals surface area contributed by atoms with Gasteiger partial charge in [-0.3, -0.25) is 9.36 Å². The molecule has 25 heavy (non-hydrogen) atoms. The number of rotatable bonds is 3. The van der Waals surface area contributed by atoms with Crippen molar-refractivity contribution in [3.8, 4) is 16.9 Å². The van der Waals surface area contributed by atoms with Crippen molar-refractivity contribution in [1.29, 1.82) is 0 Å². The third kappa shape index (κ3) is 3.23. The third-order valence-electron chi connectivity index (χ3n) is 3.37. The molecule has 0 saturated carbocycles. The van der Waals surface area contributed by atoms with E-state index in [-0.39, 0.29) is 16.9 Å². The number of hydrogen-bond donors (Lipinski definition) is 1. The predicted octanol–water partition coefficient (Wildman–Crippen LogP) is 2.63. The lowest BCUT2D eigenvalue weighted by atomic mass is 10.1. The zero-order valence-corrected chi connectivity index (χ0v) is 13.9. The molecule has 5 nitrogen and oxygen atoms in total. The fourth-order valence-electron chi connectivity index (χ4n) is 2.30. The first kappa shape index (κ1) is 17.4. The molecule has 2 aromatic carbocycles. The van der Waals surface area contributed by atoms with Crippen molar-refractivity contribution < 1.29 is 21.6 Å². The largest absolute Gasteiger partial charge is 0.312 e. The van der Waals surface area contributed by atoms with Crippen LogP contribution in [0.2, 0.25) is 0 Å². The summed E-state index contributed by atoms with van der Waals surface area (Å²) in [7, 11) is -4.45. The minimum atomic E-state index is -4.45. The molecule has 0 amide bonds. The number of aromatic nitrogens is 1. The highest BCUT2D eigenvalue weighted by Crippen LogP contribution is 2.29. The molecule has 3 aromatic rings. The van der Waals surface area contributed by atoms with Crippen molar-refractivity contribution >= 4 is 21.4 Å². The monoisotopic (exact) mass is 386 g/mol. The highest BCUT2D eigenvalue weighted by molar-refractivity contribution is 7.89. The molecule has 1 heterocycles.